The minimum Gasteiger partial charge on any atom is -0.260 e. The topological polar surface area (TPSA) is 114 Å². The molecule has 0 fully saturated rings. The summed E-state index contributed by atoms with van der Waals surface area (Å²) in [7, 11) is -3.57. The van der Waals surface area contributed by atoms with Crippen LogP contribution in [0, 0.1) is 0 Å². The number of hydrogen-bond acceptors (Lipinski definition) is 7. The number of aromatic amines is 1. The fourth-order valence-corrected chi connectivity index (χ4v) is 3.54. The number of allylic oxidation sites excluding steroid dienone is 1. The standard InChI is InChI=1S/C15H12N6O2S/c1-24(22,23)15-13(14-18-20-21-19-14)11(5-6-16-15)10-7-9-3-2-4-12(9)17-8-10/h2-3,5-8H,4H2,1H3,(H,18,19,20,21). The van der Waals surface area contributed by atoms with E-state index in [1.807, 2.05) is 18.2 Å². The lowest BCUT2D eigenvalue weighted by Gasteiger charge is -2.11. The van der Waals surface area contributed by atoms with E-state index >= 15 is 0 Å². The highest BCUT2D eigenvalue weighted by Crippen LogP contribution is 2.35. The molecule has 3 aromatic rings. The molecule has 1 aliphatic carbocycles. The third-order valence-corrected chi connectivity index (χ3v) is 4.77. The van der Waals surface area contributed by atoms with Crippen LogP contribution in [0.1, 0.15) is 11.3 Å². The largest absolute Gasteiger partial charge is 0.260 e. The summed E-state index contributed by atoms with van der Waals surface area (Å²) in [6.07, 6.45) is 9.12. The van der Waals surface area contributed by atoms with Gasteiger partial charge in [-0.3, -0.25) is 4.98 Å². The molecule has 0 unspecified atom stereocenters. The molecule has 3 heterocycles. The van der Waals surface area contributed by atoms with E-state index in [0.717, 1.165) is 29.5 Å². The molecule has 0 atom stereocenters. The summed E-state index contributed by atoms with van der Waals surface area (Å²) in [5.74, 6) is 0.176. The average molecular weight is 340 g/mol. The van der Waals surface area contributed by atoms with Gasteiger partial charge in [-0.05, 0) is 28.5 Å². The molecule has 0 saturated carbocycles. The maximum atomic E-state index is 12.1. The van der Waals surface area contributed by atoms with E-state index < -0.39 is 9.84 Å². The molecule has 8 nitrogen and oxygen atoms in total. The lowest BCUT2D eigenvalue weighted by molar-refractivity contribution is 0.598. The minimum atomic E-state index is -3.57. The van der Waals surface area contributed by atoms with E-state index in [0.29, 0.717) is 11.1 Å². The molecule has 0 spiro atoms. The van der Waals surface area contributed by atoms with E-state index in [-0.39, 0.29) is 10.9 Å². The molecule has 0 saturated heterocycles. The van der Waals surface area contributed by atoms with Crippen LogP contribution in [0.3, 0.4) is 0 Å². The molecule has 4 rings (SSSR count). The lowest BCUT2D eigenvalue weighted by atomic mass is 10.0. The first kappa shape index (κ1) is 14.6. The fourth-order valence-electron chi connectivity index (χ4n) is 2.72. The molecule has 120 valence electrons. The molecular formula is C15H12N6O2S. The Balaban J connectivity index is 2.01. The summed E-state index contributed by atoms with van der Waals surface area (Å²) < 4.78 is 24.3. The average Bonchev–Trinajstić information content (AvgIpc) is 3.24. The van der Waals surface area contributed by atoms with Crippen LogP contribution in [0.5, 0.6) is 0 Å². The molecule has 0 radical (unpaired) electrons. The van der Waals surface area contributed by atoms with E-state index in [9.17, 15) is 8.42 Å². The Hall–Kier alpha value is -2.94. The molecule has 24 heavy (non-hydrogen) atoms. The summed E-state index contributed by atoms with van der Waals surface area (Å²) in [6, 6.07) is 3.69. The van der Waals surface area contributed by atoms with Gasteiger partial charge in [-0.2, -0.15) is 5.21 Å². The van der Waals surface area contributed by atoms with Crippen LogP contribution in [-0.2, 0) is 16.3 Å². The highest BCUT2D eigenvalue weighted by atomic mass is 32.2. The third kappa shape index (κ3) is 2.38. The van der Waals surface area contributed by atoms with Gasteiger partial charge in [0.15, 0.2) is 14.9 Å². The van der Waals surface area contributed by atoms with Crippen molar-refractivity contribution in [2.24, 2.45) is 0 Å². The van der Waals surface area contributed by atoms with Crippen molar-refractivity contribution in [3.05, 3.63) is 41.9 Å². The number of fused-ring (bicyclic) bond motifs is 1. The fraction of sp³-hybridized carbons (Fsp3) is 0.133. The van der Waals surface area contributed by atoms with Gasteiger partial charge in [0, 0.05) is 30.6 Å². The van der Waals surface area contributed by atoms with Gasteiger partial charge in [0.1, 0.15) is 0 Å². The second-order valence-corrected chi connectivity index (χ2v) is 7.34. The van der Waals surface area contributed by atoms with Crippen molar-refractivity contribution in [3.63, 3.8) is 0 Å². The summed E-state index contributed by atoms with van der Waals surface area (Å²) in [4.78, 5) is 8.47. The zero-order chi connectivity index (χ0) is 16.7. The molecular weight excluding hydrogens is 328 g/mol. The number of pyridine rings is 2. The predicted molar refractivity (Wildman–Crippen MR) is 86.5 cm³/mol. The Morgan fingerprint density at radius 1 is 1.25 bits per heavy atom. The SMILES string of the molecule is CS(=O)(=O)c1nccc(-c2cnc3c(c2)C=CC3)c1-c1nn[nH]n1. The second kappa shape index (κ2) is 5.31. The van der Waals surface area contributed by atoms with Crippen molar-refractivity contribution in [3.8, 4) is 22.5 Å². The van der Waals surface area contributed by atoms with Gasteiger partial charge in [0.2, 0.25) is 5.82 Å². The maximum absolute atomic E-state index is 12.1. The summed E-state index contributed by atoms with van der Waals surface area (Å²) in [5, 5.41) is 13.7. The van der Waals surface area contributed by atoms with Gasteiger partial charge in [-0.15, -0.1) is 10.2 Å². The van der Waals surface area contributed by atoms with Gasteiger partial charge >= 0.3 is 0 Å². The monoisotopic (exact) mass is 340 g/mol. The van der Waals surface area contributed by atoms with E-state index in [1.165, 1.54) is 6.20 Å². The van der Waals surface area contributed by atoms with Crippen LogP contribution in [0.15, 0.2) is 35.6 Å². The first-order chi connectivity index (χ1) is 11.5. The van der Waals surface area contributed by atoms with Crippen LogP contribution in [-0.4, -0.2) is 45.3 Å². The summed E-state index contributed by atoms with van der Waals surface area (Å²) in [6.45, 7) is 0. The van der Waals surface area contributed by atoms with Crippen molar-refractivity contribution in [1.82, 2.24) is 30.6 Å². The number of tetrazole rings is 1. The Kier molecular flexibility index (Phi) is 3.24. The molecule has 0 bridgehead atoms. The number of nitrogens with zero attached hydrogens (tertiary/aromatic N) is 5. The zero-order valence-electron chi connectivity index (χ0n) is 12.6. The first-order valence-electron chi connectivity index (χ1n) is 7.13. The van der Waals surface area contributed by atoms with Crippen molar-refractivity contribution >= 4 is 15.9 Å². The molecule has 9 heteroatoms. The molecule has 0 aromatic carbocycles. The highest BCUT2D eigenvalue weighted by molar-refractivity contribution is 7.90. The van der Waals surface area contributed by atoms with E-state index in [4.69, 9.17) is 0 Å². The minimum absolute atomic E-state index is 0.0857. The molecule has 3 aromatic heterocycles. The Morgan fingerprint density at radius 3 is 2.88 bits per heavy atom. The van der Waals surface area contributed by atoms with Gasteiger partial charge in [-0.25, -0.2) is 13.4 Å². The summed E-state index contributed by atoms with van der Waals surface area (Å²) in [5.41, 5.74) is 3.74. The number of hydrogen-bond donors (Lipinski definition) is 1. The second-order valence-electron chi connectivity index (χ2n) is 5.41. The van der Waals surface area contributed by atoms with Crippen molar-refractivity contribution in [2.45, 2.75) is 11.4 Å². The number of sulfone groups is 1. The molecule has 0 amide bonds. The number of rotatable bonds is 3. The van der Waals surface area contributed by atoms with Crippen molar-refractivity contribution < 1.29 is 8.42 Å². The van der Waals surface area contributed by atoms with Crippen molar-refractivity contribution in [1.29, 1.82) is 0 Å². The van der Waals surface area contributed by atoms with Gasteiger partial charge in [0.05, 0.1) is 11.3 Å². The number of nitrogens with one attached hydrogen (secondary N) is 1. The Labute approximate surface area is 137 Å². The normalized spacial score (nSPS) is 13.2. The van der Waals surface area contributed by atoms with Crippen LogP contribution in [0.25, 0.3) is 28.6 Å². The van der Waals surface area contributed by atoms with Gasteiger partial charge < -0.3 is 0 Å². The van der Waals surface area contributed by atoms with E-state index in [2.05, 4.69) is 30.6 Å². The molecule has 0 aliphatic heterocycles. The predicted octanol–water partition coefficient (Wildman–Crippen LogP) is 1.30. The van der Waals surface area contributed by atoms with Crippen LogP contribution >= 0.6 is 0 Å². The van der Waals surface area contributed by atoms with E-state index in [1.54, 1.807) is 12.3 Å². The van der Waals surface area contributed by atoms with Crippen LogP contribution in [0.4, 0.5) is 0 Å². The van der Waals surface area contributed by atoms with Crippen molar-refractivity contribution in [2.75, 3.05) is 6.26 Å². The Morgan fingerprint density at radius 2 is 2.12 bits per heavy atom. The smallest absolute Gasteiger partial charge is 0.208 e. The van der Waals surface area contributed by atoms with Gasteiger partial charge in [-0.1, -0.05) is 12.2 Å². The molecule has 1 N–H and O–H groups in total. The maximum Gasteiger partial charge on any atom is 0.208 e. The Bertz CT molecular complexity index is 1060. The summed E-state index contributed by atoms with van der Waals surface area (Å²) >= 11 is 0. The van der Waals surface area contributed by atoms with Gasteiger partial charge in [0.25, 0.3) is 0 Å². The third-order valence-electron chi connectivity index (χ3n) is 3.76. The van der Waals surface area contributed by atoms with Crippen LogP contribution in [0.2, 0.25) is 0 Å². The number of H-pyrrole nitrogens is 1. The highest BCUT2D eigenvalue weighted by Gasteiger charge is 2.24. The first-order valence-corrected chi connectivity index (χ1v) is 9.02. The lowest BCUT2D eigenvalue weighted by Crippen LogP contribution is -2.05. The number of aromatic nitrogens is 6. The molecule has 1 aliphatic rings. The quantitative estimate of drug-likeness (QED) is 0.764. The van der Waals surface area contributed by atoms with Crippen LogP contribution < -0.4 is 0 Å². The zero-order valence-corrected chi connectivity index (χ0v) is 13.4.